The van der Waals surface area contributed by atoms with Crippen molar-refractivity contribution in [1.82, 2.24) is 4.90 Å². The lowest BCUT2D eigenvalue weighted by atomic mass is 10.1. The molecule has 0 aliphatic heterocycles. The lowest BCUT2D eigenvalue weighted by Crippen LogP contribution is -2.39. The molecular weight excluding hydrogens is 345 g/mol. The summed E-state index contributed by atoms with van der Waals surface area (Å²) in [4.78, 5) is 25.1. The molecule has 2 aromatic rings. The van der Waals surface area contributed by atoms with Gasteiger partial charge in [0.2, 0.25) is 11.8 Å². The normalized spacial score (nSPS) is 12.0. The van der Waals surface area contributed by atoms with Gasteiger partial charge in [-0.05, 0) is 50.4 Å². The van der Waals surface area contributed by atoms with Crippen LogP contribution in [-0.2, 0) is 11.3 Å². The Labute approximate surface area is 150 Å². The third kappa shape index (κ3) is 4.78. The van der Waals surface area contributed by atoms with Gasteiger partial charge < -0.3 is 11.1 Å². The van der Waals surface area contributed by atoms with Crippen molar-refractivity contribution >= 4 is 29.1 Å². The number of hydrogen-bond donors (Lipinski definition) is 2. The predicted molar refractivity (Wildman–Crippen MR) is 95.9 cm³/mol. The van der Waals surface area contributed by atoms with Crippen LogP contribution in [0.25, 0.3) is 0 Å². The first-order chi connectivity index (χ1) is 11.8. The molecule has 132 valence electrons. The van der Waals surface area contributed by atoms with Crippen LogP contribution in [-0.4, -0.2) is 29.8 Å². The average Bonchev–Trinajstić information content (AvgIpc) is 2.57. The van der Waals surface area contributed by atoms with Gasteiger partial charge in [-0.1, -0.05) is 17.7 Å². The van der Waals surface area contributed by atoms with E-state index in [4.69, 9.17) is 17.3 Å². The monoisotopic (exact) mass is 363 g/mol. The summed E-state index contributed by atoms with van der Waals surface area (Å²) < 4.78 is 13.9. The van der Waals surface area contributed by atoms with Crippen molar-refractivity contribution in [3.63, 3.8) is 0 Å². The zero-order valence-corrected chi connectivity index (χ0v) is 14.7. The van der Waals surface area contributed by atoms with Crippen LogP contribution in [0.1, 0.15) is 22.8 Å². The Morgan fingerprint density at radius 2 is 1.88 bits per heavy atom. The number of carbonyl (C=O) groups excluding carboxylic acids is 2. The van der Waals surface area contributed by atoms with Crippen LogP contribution in [0.4, 0.5) is 10.1 Å². The SMILES string of the molecule is C[C@H](C(=O)Nc1ccc(C(N)=O)cc1)N(C)Cc1c(F)cccc1Cl. The van der Waals surface area contributed by atoms with Crippen molar-refractivity contribution in [2.75, 3.05) is 12.4 Å². The van der Waals surface area contributed by atoms with E-state index >= 15 is 0 Å². The van der Waals surface area contributed by atoms with Crippen LogP contribution in [0.5, 0.6) is 0 Å². The highest BCUT2D eigenvalue weighted by Gasteiger charge is 2.20. The van der Waals surface area contributed by atoms with Crippen molar-refractivity contribution in [1.29, 1.82) is 0 Å². The number of carbonyl (C=O) groups is 2. The third-order valence-corrected chi connectivity index (χ3v) is 4.30. The van der Waals surface area contributed by atoms with Gasteiger partial charge in [0.25, 0.3) is 0 Å². The van der Waals surface area contributed by atoms with Gasteiger partial charge in [-0.15, -0.1) is 0 Å². The molecule has 25 heavy (non-hydrogen) atoms. The average molecular weight is 364 g/mol. The maximum atomic E-state index is 13.9. The smallest absolute Gasteiger partial charge is 0.248 e. The summed E-state index contributed by atoms with van der Waals surface area (Å²) in [5, 5.41) is 3.07. The van der Waals surface area contributed by atoms with Crippen LogP contribution in [0.2, 0.25) is 5.02 Å². The van der Waals surface area contributed by atoms with Gasteiger partial charge in [0.05, 0.1) is 6.04 Å². The van der Waals surface area contributed by atoms with Gasteiger partial charge in [0.1, 0.15) is 5.82 Å². The molecule has 0 fully saturated rings. The quantitative estimate of drug-likeness (QED) is 0.828. The first-order valence-corrected chi connectivity index (χ1v) is 8.01. The number of rotatable bonds is 6. The Morgan fingerprint density at radius 1 is 1.24 bits per heavy atom. The van der Waals surface area contributed by atoms with Crippen molar-refractivity contribution in [3.8, 4) is 0 Å². The maximum absolute atomic E-state index is 13.9. The molecule has 1 atom stereocenters. The van der Waals surface area contributed by atoms with E-state index in [-0.39, 0.29) is 12.5 Å². The van der Waals surface area contributed by atoms with Gasteiger partial charge >= 0.3 is 0 Å². The molecule has 0 aromatic heterocycles. The van der Waals surface area contributed by atoms with Crippen LogP contribution < -0.4 is 11.1 Å². The molecule has 0 radical (unpaired) electrons. The minimum atomic E-state index is -0.534. The van der Waals surface area contributed by atoms with Crippen molar-refractivity contribution in [2.24, 2.45) is 5.73 Å². The molecule has 0 saturated carbocycles. The lowest BCUT2D eigenvalue weighted by molar-refractivity contribution is -0.120. The molecule has 0 unspecified atom stereocenters. The number of anilines is 1. The first-order valence-electron chi connectivity index (χ1n) is 7.63. The van der Waals surface area contributed by atoms with Crippen molar-refractivity contribution in [2.45, 2.75) is 19.5 Å². The summed E-state index contributed by atoms with van der Waals surface area (Å²) in [6, 6.07) is 10.2. The van der Waals surface area contributed by atoms with Crippen LogP contribution >= 0.6 is 11.6 Å². The Morgan fingerprint density at radius 3 is 2.44 bits per heavy atom. The summed E-state index contributed by atoms with van der Waals surface area (Å²) in [6.45, 7) is 1.91. The van der Waals surface area contributed by atoms with Crippen LogP contribution in [0, 0.1) is 5.82 Å². The fourth-order valence-electron chi connectivity index (χ4n) is 2.23. The standard InChI is InChI=1S/C18H19ClFN3O2/c1-11(23(2)10-14-15(19)4-3-5-16(14)20)18(25)22-13-8-6-12(7-9-13)17(21)24/h3-9,11H,10H2,1-2H3,(H2,21,24)(H,22,25)/t11-/m1/s1. The highest BCUT2D eigenvalue weighted by Crippen LogP contribution is 2.21. The minimum absolute atomic E-state index is 0.195. The number of halogens is 2. The van der Waals surface area contributed by atoms with E-state index in [2.05, 4.69) is 5.32 Å². The summed E-state index contributed by atoms with van der Waals surface area (Å²) >= 11 is 6.02. The van der Waals surface area contributed by atoms with Crippen LogP contribution in [0.15, 0.2) is 42.5 Å². The number of nitrogens with zero attached hydrogens (tertiary/aromatic N) is 1. The fraction of sp³-hybridized carbons (Fsp3) is 0.222. The maximum Gasteiger partial charge on any atom is 0.248 e. The first kappa shape index (κ1) is 18.9. The van der Waals surface area contributed by atoms with E-state index < -0.39 is 17.8 Å². The van der Waals surface area contributed by atoms with Gasteiger partial charge in [-0.25, -0.2) is 4.39 Å². The third-order valence-electron chi connectivity index (χ3n) is 3.95. The highest BCUT2D eigenvalue weighted by atomic mass is 35.5. The van der Waals surface area contributed by atoms with E-state index in [0.717, 1.165) is 0 Å². The molecule has 0 aliphatic rings. The molecular formula is C18H19ClFN3O2. The second kappa shape index (κ2) is 8.09. The zero-order valence-electron chi connectivity index (χ0n) is 13.9. The number of nitrogens with two attached hydrogens (primary N) is 1. The molecule has 7 heteroatoms. The molecule has 0 spiro atoms. The molecule has 0 saturated heterocycles. The summed E-state index contributed by atoms with van der Waals surface area (Å²) in [5.41, 5.74) is 6.42. The van der Waals surface area contributed by atoms with Gasteiger partial charge in [0.15, 0.2) is 0 Å². The summed E-state index contributed by atoms with van der Waals surface area (Å²) in [7, 11) is 1.71. The largest absolute Gasteiger partial charge is 0.366 e. The highest BCUT2D eigenvalue weighted by molar-refractivity contribution is 6.31. The lowest BCUT2D eigenvalue weighted by Gasteiger charge is -2.24. The van der Waals surface area contributed by atoms with Crippen molar-refractivity contribution in [3.05, 3.63) is 64.4 Å². The Bertz CT molecular complexity index is 760. The molecule has 0 heterocycles. The number of benzene rings is 2. The Hall–Kier alpha value is -2.44. The fourth-order valence-corrected chi connectivity index (χ4v) is 2.46. The predicted octanol–water partition coefficient (Wildman–Crippen LogP) is 3.04. The number of nitrogens with one attached hydrogen (secondary N) is 1. The second-order valence-corrected chi connectivity index (χ2v) is 6.13. The second-order valence-electron chi connectivity index (χ2n) is 5.72. The van der Waals surface area contributed by atoms with Gasteiger partial charge in [0, 0.05) is 28.4 Å². The molecule has 3 N–H and O–H groups in total. The van der Waals surface area contributed by atoms with Crippen molar-refractivity contribution < 1.29 is 14.0 Å². The summed E-state index contributed by atoms with van der Waals surface area (Å²) in [6.07, 6.45) is 0. The molecule has 2 amide bonds. The van der Waals surface area contributed by atoms with E-state index in [1.807, 2.05) is 0 Å². The van der Waals surface area contributed by atoms with E-state index in [1.165, 1.54) is 24.3 Å². The molecule has 2 aromatic carbocycles. The Balaban J connectivity index is 2.02. The molecule has 0 bridgehead atoms. The molecule has 5 nitrogen and oxygen atoms in total. The van der Waals surface area contributed by atoms with E-state index in [0.29, 0.717) is 21.8 Å². The van der Waals surface area contributed by atoms with Gasteiger partial charge in [-0.2, -0.15) is 0 Å². The number of hydrogen-bond acceptors (Lipinski definition) is 3. The number of likely N-dealkylation sites (N-methyl/N-ethyl adjacent to an activating group) is 1. The molecule has 0 aliphatic carbocycles. The summed E-state index contributed by atoms with van der Waals surface area (Å²) in [5.74, 6) is -1.21. The van der Waals surface area contributed by atoms with Gasteiger partial charge in [-0.3, -0.25) is 14.5 Å². The number of primary amides is 1. The van der Waals surface area contributed by atoms with Crippen LogP contribution in [0.3, 0.4) is 0 Å². The van der Waals surface area contributed by atoms with E-state index in [1.54, 1.807) is 37.1 Å². The number of amides is 2. The minimum Gasteiger partial charge on any atom is -0.366 e. The zero-order chi connectivity index (χ0) is 18.6. The molecule has 2 rings (SSSR count). The van der Waals surface area contributed by atoms with E-state index in [9.17, 15) is 14.0 Å². The Kier molecular flexibility index (Phi) is 6.12. The topological polar surface area (TPSA) is 75.4 Å².